The van der Waals surface area contributed by atoms with Crippen molar-refractivity contribution in [1.29, 1.82) is 0 Å². The monoisotopic (exact) mass is 672 g/mol. The van der Waals surface area contributed by atoms with E-state index in [0.29, 0.717) is 6.42 Å². The number of methoxy groups -OCH3 is 1. The quantitative estimate of drug-likeness (QED) is 0.119. The molecule has 6 rings (SSSR count). The first-order valence-corrected chi connectivity index (χ1v) is 14.6. The van der Waals surface area contributed by atoms with Gasteiger partial charge in [0.2, 0.25) is 17.6 Å². The van der Waals surface area contributed by atoms with Crippen molar-refractivity contribution in [3.63, 3.8) is 0 Å². The standard InChI is InChI=1S/C30H23Cl2F5N2O6/c1-3-8-38-25(41)14-7-6-12-15(17(14)26(38)42)10-29(31)27(43)39(24-22(36)20(34)19(33)21(35)23(24)37)28(44)30(29,32)18(12)13-5-4-11(40)9-16(13)45-2/h4-6,9,14-15,17-18,40H,3,7-8,10H2,1-2H3. The molecular formula is C30H23Cl2F5N2O6. The topological polar surface area (TPSA) is 104 Å². The molecule has 2 heterocycles. The number of nitrogens with zero attached hydrogens (tertiary/aromatic N) is 2. The molecule has 2 aromatic rings. The van der Waals surface area contributed by atoms with Crippen LogP contribution in [0, 0.1) is 46.8 Å². The lowest BCUT2D eigenvalue weighted by Crippen LogP contribution is -2.60. The third-order valence-electron chi connectivity index (χ3n) is 9.29. The molecule has 4 amide bonds. The number of aromatic hydroxyl groups is 1. The number of carbonyl (C=O) groups is 4. The third-order valence-corrected chi connectivity index (χ3v) is 10.7. The van der Waals surface area contributed by atoms with Gasteiger partial charge in [-0.1, -0.05) is 24.6 Å². The van der Waals surface area contributed by atoms with Crippen LogP contribution in [0.15, 0.2) is 29.8 Å². The van der Waals surface area contributed by atoms with E-state index in [4.69, 9.17) is 27.9 Å². The van der Waals surface area contributed by atoms with Crippen molar-refractivity contribution in [3.05, 3.63) is 64.5 Å². The summed E-state index contributed by atoms with van der Waals surface area (Å²) in [5, 5.41) is 10.1. The number of carbonyl (C=O) groups excluding carboxylic acids is 4. The van der Waals surface area contributed by atoms with Crippen molar-refractivity contribution in [2.24, 2.45) is 17.8 Å². The number of allylic oxidation sites excluding steroid dienone is 2. The van der Waals surface area contributed by atoms with Crippen LogP contribution in [0.3, 0.4) is 0 Å². The average Bonchev–Trinajstić information content (AvgIpc) is 3.34. The van der Waals surface area contributed by atoms with Gasteiger partial charge in [-0.3, -0.25) is 24.1 Å². The second-order valence-corrected chi connectivity index (χ2v) is 12.7. The summed E-state index contributed by atoms with van der Waals surface area (Å²) in [6.45, 7) is 1.89. The second kappa shape index (κ2) is 10.4. The van der Waals surface area contributed by atoms with Crippen molar-refractivity contribution in [2.75, 3.05) is 18.6 Å². The number of phenols is 1. The Hall–Kier alpha value is -3.71. The molecule has 1 N–H and O–H groups in total. The number of likely N-dealkylation sites (tertiary alicyclic amines) is 1. The summed E-state index contributed by atoms with van der Waals surface area (Å²) in [6.07, 6.45) is 1.48. The molecule has 3 fully saturated rings. The summed E-state index contributed by atoms with van der Waals surface area (Å²) >= 11 is 14.1. The van der Waals surface area contributed by atoms with Gasteiger partial charge in [0.1, 0.15) is 17.2 Å². The number of alkyl halides is 2. The fourth-order valence-corrected chi connectivity index (χ4v) is 8.29. The molecular weight excluding hydrogens is 650 g/mol. The molecule has 4 aliphatic rings. The molecule has 6 unspecified atom stereocenters. The number of rotatable bonds is 5. The number of imide groups is 2. The molecule has 8 nitrogen and oxygen atoms in total. The molecule has 0 radical (unpaired) electrons. The lowest BCUT2D eigenvalue weighted by Gasteiger charge is -2.50. The van der Waals surface area contributed by atoms with Crippen LogP contribution in [0.1, 0.15) is 37.7 Å². The van der Waals surface area contributed by atoms with Crippen LogP contribution in [0.2, 0.25) is 0 Å². The number of hydrogen-bond acceptors (Lipinski definition) is 6. The third kappa shape index (κ3) is 3.89. The number of ether oxygens (including phenoxy) is 1. The number of anilines is 1. The minimum Gasteiger partial charge on any atom is -0.508 e. The highest BCUT2D eigenvalue weighted by atomic mass is 35.5. The van der Waals surface area contributed by atoms with Crippen LogP contribution >= 0.6 is 23.2 Å². The van der Waals surface area contributed by atoms with E-state index in [1.807, 2.05) is 0 Å². The molecule has 45 heavy (non-hydrogen) atoms. The molecule has 0 spiro atoms. The van der Waals surface area contributed by atoms with Gasteiger partial charge in [0.15, 0.2) is 33.0 Å². The van der Waals surface area contributed by atoms with Crippen LogP contribution in [0.4, 0.5) is 27.6 Å². The van der Waals surface area contributed by atoms with Crippen molar-refractivity contribution in [3.8, 4) is 11.5 Å². The Bertz CT molecular complexity index is 1730. The Morgan fingerprint density at radius 2 is 1.56 bits per heavy atom. The van der Waals surface area contributed by atoms with E-state index in [0.717, 1.165) is 11.0 Å². The molecule has 6 atom stereocenters. The fourth-order valence-electron chi connectivity index (χ4n) is 7.36. The lowest BCUT2D eigenvalue weighted by molar-refractivity contribution is -0.140. The first-order chi connectivity index (χ1) is 21.2. The molecule has 2 aliphatic heterocycles. The number of halogens is 7. The van der Waals surface area contributed by atoms with Gasteiger partial charge in [-0.2, -0.15) is 0 Å². The van der Waals surface area contributed by atoms with E-state index >= 15 is 8.78 Å². The second-order valence-electron chi connectivity index (χ2n) is 11.4. The number of benzene rings is 2. The zero-order valence-electron chi connectivity index (χ0n) is 23.5. The van der Waals surface area contributed by atoms with Gasteiger partial charge in [0, 0.05) is 24.1 Å². The minimum absolute atomic E-state index is 0.0317. The van der Waals surface area contributed by atoms with Gasteiger partial charge < -0.3 is 9.84 Å². The fraction of sp³-hybridized carbons (Fsp3) is 0.400. The largest absolute Gasteiger partial charge is 0.508 e. The summed E-state index contributed by atoms with van der Waals surface area (Å²) in [4.78, 5) is 50.9. The predicted octanol–water partition coefficient (Wildman–Crippen LogP) is 5.07. The Kier molecular flexibility index (Phi) is 7.24. The van der Waals surface area contributed by atoms with Gasteiger partial charge in [-0.05, 0) is 31.2 Å². The first-order valence-electron chi connectivity index (χ1n) is 13.9. The highest BCUT2D eigenvalue weighted by Gasteiger charge is 2.77. The molecule has 2 saturated heterocycles. The lowest BCUT2D eigenvalue weighted by atomic mass is 9.56. The van der Waals surface area contributed by atoms with E-state index in [9.17, 15) is 37.5 Å². The molecule has 2 aromatic carbocycles. The predicted molar refractivity (Wildman–Crippen MR) is 148 cm³/mol. The summed E-state index contributed by atoms with van der Waals surface area (Å²) in [5.74, 6) is -21.2. The summed E-state index contributed by atoms with van der Waals surface area (Å²) in [5.41, 5.74) is -1.51. The zero-order chi connectivity index (χ0) is 32.9. The number of hydrogen-bond donors (Lipinski definition) is 1. The van der Waals surface area contributed by atoms with Gasteiger partial charge in [-0.15, -0.1) is 23.2 Å². The van der Waals surface area contributed by atoms with Crippen molar-refractivity contribution < 1.29 is 51.0 Å². The van der Waals surface area contributed by atoms with Crippen LogP contribution < -0.4 is 9.64 Å². The van der Waals surface area contributed by atoms with Crippen molar-refractivity contribution >= 4 is 52.5 Å². The SMILES string of the molecule is CCCN1C(=O)C2CC=C3C(CC4(Cl)C(=O)N(c5c(F)c(F)c(F)c(F)c5F)C(=O)C4(Cl)C3c3ccc(O)cc3OC)C2C1=O. The van der Waals surface area contributed by atoms with Gasteiger partial charge >= 0.3 is 0 Å². The molecule has 0 bridgehead atoms. The maximum atomic E-state index is 15.1. The van der Waals surface area contributed by atoms with Crippen LogP contribution in [-0.4, -0.2) is 57.0 Å². The van der Waals surface area contributed by atoms with E-state index < -0.39 is 98.2 Å². The highest BCUT2D eigenvalue weighted by Crippen LogP contribution is 2.66. The number of amides is 4. The summed E-state index contributed by atoms with van der Waals surface area (Å²) < 4.78 is 78.2. The van der Waals surface area contributed by atoms with Gasteiger partial charge in [-0.25, -0.2) is 26.9 Å². The van der Waals surface area contributed by atoms with Gasteiger partial charge in [0.05, 0.1) is 18.9 Å². The molecule has 0 aromatic heterocycles. The Labute approximate surface area is 262 Å². The highest BCUT2D eigenvalue weighted by molar-refractivity contribution is 6.58. The molecule has 2 aliphatic carbocycles. The smallest absolute Gasteiger partial charge is 0.258 e. The molecule has 238 valence electrons. The molecule has 1 saturated carbocycles. The van der Waals surface area contributed by atoms with E-state index in [1.165, 1.54) is 19.2 Å². The first kappa shape index (κ1) is 31.3. The Morgan fingerprint density at radius 3 is 2.16 bits per heavy atom. The van der Waals surface area contributed by atoms with Crippen molar-refractivity contribution in [1.82, 2.24) is 4.90 Å². The summed E-state index contributed by atoms with van der Waals surface area (Å²) in [6, 6.07) is 3.68. The van der Waals surface area contributed by atoms with E-state index in [-0.39, 0.29) is 40.5 Å². The van der Waals surface area contributed by atoms with Crippen molar-refractivity contribution in [2.45, 2.75) is 41.9 Å². The van der Waals surface area contributed by atoms with E-state index in [1.54, 1.807) is 13.0 Å². The Morgan fingerprint density at radius 1 is 0.933 bits per heavy atom. The van der Waals surface area contributed by atoms with Crippen LogP contribution in [0.5, 0.6) is 11.5 Å². The van der Waals surface area contributed by atoms with Crippen LogP contribution in [0.25, 0.3) is 0 Å². The molecule has 15 heteroatoms. The maximum Gasteiger partial charge on any atom is 0.258 e. The van der Waals surface area contributed by atoms with Crippen LogP contribution in [-0.2, 0) is 19.2 Å². The zero-order valence-corrected chi connectivity index (χ0v) is 25.0. The summed E-state index contributed by atoms with van der Waals surface area (Å²) in [7, 11) is 1.23. The minimum atomic E-state index is -2.68. The number of phenolic OH excluding ortho intramolecular Hbond substituents is 1. The maximum absolute atomic E-state index is 15.1. The van der Waals surface area contributed by atoms with E-state index in [2.05, 4.69) is 0 Å². The number of fused-ring (bicyclic) bond motifs is 4. The Balaban J connectivity index is 1.61. The average molecular weight is 673 g/mol. The normalized spacial score (nSPS) is 30.8. The van der Waals surface area contributed by atoms with Gasteiger partial charge in [0.25, 0.3) is 11.8 Å².